The standard InChI is InChI=1S/C14H9N3S/c1-2-4-12-10(3-1)7-13(18-12)11-9-17-6-5-15-8-14(17)16-11/h1-9H. The number of imidazole rings is 1. The van der Waals surface area contributed by atoms with E-state index in [9.17, 15) is 0 Å². The molecule has 0 saturated heterocycles. The fourth-order valence-electron chi connectivity index (χ4n) is 2.07. The third-order valence-electron chi connectivity index (χ3n) is 2.94. The molecule has 0 aliphatic rings. The molecule has 0 aliphatic carbocycles. The van der Waals surface area contributed by atoms with Crippen LogP contribution in [0.3, 0.4) is 0 Å². The maximum Gasteiger partial charge on any atom is 0.156 e. The monoisotopic (exact) mass is 251 g/mol. The van der Waals surface area contributed by atoms with Crippen LogP contribution in [0.25, 0.3) is 26.3 Å². The van der Waals surface area contributed by atoms with Crippen molar-refractivity contribution in [1.82, 2.24) is 14.4 Å². The van der Waals surface area contributed by atoms with Crippen LogP contribution in [0.1, 0.15) is 0 Å². The molecule has 3 aromatic heterocycles. The number of rotatable bonds is 1. The zero-order valence-electron chi connectivity index (χ0n) is 9.45. The van der Waals surface area contributed by atoms with Gasteiger partial charge < -0.3 is 4.40 Å². The summed E-state index contributed by atoms with van der Waals surface area (Å²) in [5.41, 5.74) is 1.88. The lowest BCUT2D eigenvalue weighted by Crippen LogP contribution is -1.81. The van der Waals surface area contributed by atoms with Crippen molar-refractivity contribution in [1.29, 1.82) is 0 Å². The molecule has 4 heteroatoms. The Morgan fingerprint density at radius 1 is 1.17 bits per heavy atom. The van der Waals surface area contributed by atoms with Crippen LogP contribution >= 0.6 is 11.3 Å². The minimum Gasteiger partial charge on any atom is -0.304 e. The topological polar surface area (TPSA) is 30.2 Å². The summed E-state index contributed by atoms with van der Waals surface area (Å²) >= 11 is 1.77. The normalized spacial score (nSPS) is 11.3. The Bertz CT molecular complexity index is 706. The molecule has 0 fully saturated rings. The average Bonchev–Trinajstić information content (AvgIpc) is 3.02. The first-order chi connectivity index (χ1) is 8.90. The molecule has 0 saturated carbocycles. The molecular formula is C14H9N3S. The fraction of sp³-hybridized carbons (Fsp3) is 0. The molecule has 0 N–H and O–H groups in total. The van der Waals surface area contributed by atoms with Gasteiger partial charge in [0.2, 0.25) is 0 Å². The Hall–Kier alpha value is -2.20. The summed E-state index contributed by atoms with van der Waals surface area (Å²) in [7, 11) is 0. The van der Waals surface area contributed by atoms with E-state index in [1.54, 1.807) is 23.7 Å². The summed E-state index contributed by atoms with van der Waals surface area (Å²) in [6.07, 6.45) is 7.50. The lowest BCUT2D eigenvalue weighted by Gasteiger charge is -1.86. The summed E-state index contributed by atoms with van der Waals surface area (Å²) in [4.78, 5) is 9.87. The minimum atomic E-state index is 0.880. The summed E-state index contributed by atoms with van der Waals surface area (Å²) < 4.78 is 3.29. The number of fused-ring (bicyclic) bond motifs is 2. The van der Waals surface area contributed by atoms with Crippen LogP contribution in [0.5, 0.6) is 0 Å². The van der Waals surface area contributed by atoms with E-state index in [1.807, 2.05) is 16.8 Å². The van der Waals surface area contributed by atoms with E-state index < -0.39 is 0 Å². The first-order valence-electron chi connectivity index (χ1n) is 5.68. The van der Waals surface area contributed by atoms with Gasteiger partial charge in [-0.15, -0.1) is 11.3 Å². The Morgan fingerprint density at radius 3 is 3.00 bits per heavy atom. The second kappa shape index (κ2) is 3.65. The number of hydrogen-bond acceptors (Lipinski definition) is 3. The zero-order valence-corrected chi connectivity index (χ0v) is 10.3. The third kappa shape index (κ3) is 1.43. The number of hydrogen-bond donors (Lipinski definition) is 0. The molecule has 0 amide bonds. The minimum absolute atomic E-state index is 0.880. The molecule has 0 spiro atoms. The largest absolute Gasteiger partial charge is 0.304 e. The maximum atomic E-state index is 4.59. The lowest BCUT2D eigenvalue weighted by atomic mass is 10.2. The van der Waals surface area contributed by atoms with Crippen molar-refractivity contribution in [3.8, 4) is 10.6 Å². The predicted molar refractivity (Wildman–Crippen MR) is 73.8 cm³/mol. The van der Waals surface area contributed by atoms with E-state index in [0.29, 0.717) is 0 Å². The number of nitrogens with zero attached hydrogens (tertiary/aromatic N) is 3. The van der Waals surface area contributed by atoms with Gasteiger partial charge in [0.25, 0.3) is 0 Å². The Morgan fingerprint density at radius 2 is 2.11 bits per heavy atom. The Labute approximate surface area is 107 Å². The quantitative estimate of drug-likeness (QED) is 0.517. The van der Waals surface area contributed by atoms with E-state index >= 15 is 0 Å². The highest BCUT2D eigenvalue weighted by atomic mass is 32.1. The van der Waals surface area contributed by atoms with Gasteiger partial charge in [0.1, 0.15) is 0 Å². The van der Waals surface area contributed by atoms with Crippen molar-refractivity contribution in [2.45, 2.75) is 0 Å². The van der Waals surface area contributed by atoms with Gasteiger partial charge in [0.15, 0.2) is 5.65 Å². The van der Waals surface area contributed by atoms with Crippen molar-refractivity contribution < 1.29 is 0 Å². The number of benzene rings is 1. The van der Waals surface area contributed by atoms with Gasteiger partial charge in [-0.05, 0) is 17.5 Å². The summed E-state index contributed by atoms with van der Waals surface area (Å²) in [6.45, 7) is 0. The van der Waals surface area contributed by atoms with Gasteiger partial charge >= 0.3 is 0 Å². The van der Waals surface area contributed by atoms with Crippen molar-refractivity contribution in [2.24, 2.45) is 0 Å². The van der Waals surface area contributed by atoms with Gasteiger partial charge in [-0.1, -0.05) is 18.2 Å². The van der Waals surface area contributed by atoms with E-state index in [1.165, 1.54) is 15.0 Å². The molecule has 1 aromatic carbocycles. The van der Waals surface area contributed by atoms with Gasteiger partial charge in [-0.3, -0.25) is 4.98 Å². The molecule has 0 bridgehead atoms. The highest BCUT2D eigenvalue weighted by molar-refractivity contribution is 7.22. The van der Waals surface area contributed by atoms with E-state index in [4.69, 9.17) is 0 Å². The van der Waals surface area contributed by atoms with Crippen LogP contribution in [-0.2, 0) is 0 Å². The molecule has 0 unspecified atom stereocenters. The first kappa shape index (κ1) is 9.79. The number of thiophene rings is 1. The van der Waals surface area contributed by atoms with Crippen molar-refractivity contribution >= 4 is 27.1 Å². The summed E-state index contributed by atoms with van der Waals surface area (Å²) in [5.74, 6) is 0. The van der Waals surface area contributed by atoms with E-state index in [0.717, 1.165) is 11.3 Å². The Balaban J connectivity index is 1.95. The van der Waals surface area contributed by atoms with Gasteiger partial charge in [0, 0.05) is 23.3 Å². The summed E-state index contributed by atoms with van der Waals surface area (Å²) in [5, 5.41) is 1.27. The second-order valence-corrected chi connectivity index (χ2v) is 5.20. The van der Waals surface area contributed by atoms with Crippen LogP contribution in [0, 0.1) is 0 Å². The molecule has 18 heavy (non-hydrogen) atoms. The summed E-state index contributed by atoms with van der Waals surface area (Å²) in [6, 6.07) is 10.6. The molecule has 86 valence electrons. The molecular weight excluding hydrogens is 242 g/mol. The van der Waals surface area contributed by atoms with E-state index in [-0.39, 0.29) is 0 Å². The lowest BCUT2D eigenvalue weighted by molar-refractivity contribution is 1.13. The van der Waals surface area contributed by atoms with Crippen molar-refractivity contribution in [2.75, 3.05) is 0 Å². The maximum absolute atomic E-state index is 4.59. The fourth-order valence-corrected chi connectivity index (χ4v) is 3.09. The van der Waals surface area contributed by atoms with Crippen LogP contribution < -0.4 is 0 Å². The van der Waals surface area contributed by atoms with Crippen LogP contribution in [0.4, 0.5) is 0 Å². The van der Waals surface area contributed by atoms with Gasteiger partial charge in [-0.25, -0.2) is 4.98 Å². The molecule has 3 nitrogen and oxygen atoms in total. The smallest absolute Gasteiger partial charge is 0.156 e. The highest BCUT2D eigenvalue weighted by Gasteiger charge is 2.07. The molecule has 0 radical (unpaired) electrons. The molecule has 4 aromatic rings. The van der Waals surface area contributed by atoms with Crippen molar-refractivity contribution in [3.05, 3.63) is 55.1 Å². The third-order valence-corrected chi connectivity index (χ3v) is 4.08. The van der Waals surface area contributed by atoms with Gasteiger partial charge in [-0.2, -0.15) is 0 Å². The molecule has 4 rings (SSSR count). The van der Waals surface area contributed by atoms with E-state index in [2.05, 4.69) is 40.3 Å². The Kier molecular flexibility index (Phi) is 1.98. The highest BCUT2D eigenvalue weighted by Crippen LogP contribution is 2.32. The predicted octanol–water partition coefficient (Wildman–Crippen LogP) is 3.61. The molecule has 0 atom stereocenters. The zero-order chi connectivity index (χ0) is 11.9. The van der Waals surface area contributed by atoms with Crippen molar-refractivity contribution in [3.63, 3.8) is 0 Å². The first-order valence-corrected chi connectivity index (χ1v) is 6.49. The second-order valence-electron chi connectivity index (χ2n) is 4.12. The molecule has 0 aliphatic heterocycles. The van der Waals surface area contributed by atoms with Crippen LogP contribution in [0.2, 0.25) is 0 Å². The SMILES string of the molecule is c1ccc2sc(-c3cn4ccncc4n3)cc2c1. The van der Waals surface area contributed by atoms with Gasteiger partial charge in [0.05, 0.1) is 16.8 Å². The van der Waals surface area contributed by atoms with Crippen LogP contribution in [0.15, 0.2) is 55.1 Å². The average molecular weight is 251 g/mol. The van der Waals surface area contributed by atoms with Crippen LogP contribution in [-0.4, -0.2) is 14.4 Å². The molecule has 3 heterocycles. The number of aromatic nitrogens is 3.